The van der Waals surface area contributed by atoms with Crippen LogP contribution < -0.4 is 10.6 Å². The summed E-state index contributed by atoms with van der Waals surface area (Å²) in [5.74, 6) is 2.34. The van der Waals surface area contributed by atoms with Crippen LogP contribution in [0.4, 0.5) is 0 Å². The molecule has 2 aliphatic rings. The Kier molecular flexibility index (Phi) is 11.2. The largest absolute Gasteiger partial charge is 0.373 e. The van der Waals surface area contributed by atoms with E-state index in [0.29, 0.717) is 19.0 Å². The van der Waals surface area contributed by atoms with Gasteiger partial charge in [0.1, 0.15) is 0 Å². The van der Waals surface area contributed by atoms with Crippen LogP contribution in [0.5, 0.6) is 0 Å². The van der Waals surface area contributed by atoms with Crippen LogP contribution in [0, 0.1) is 0 Å². The molecule has 24 heavy (non-hydrogen) atoms. The number of nitrogens with one attached hydrogen (secondary N) is 2. The third-order valence-electron chi connectivity index (χ3n) is 4.42. The van der Waals surface area contributed by atoms with E-state index in [0.717, 1.165) is 31.1 Å². The average Bonchev–Trinajstić information content (AvgIpc) is 2.45. The fourth-order valence-electron chi connectivity index (χ4n) is 3.15. The molecule has 2 N–H and O–H groups in total. The van der Waals surface area contributed by atoms with Crippen LogP contribution in [-0.4, -0.2) is 72.3 Å². The van der Waals surface area contributed by atoms with E-state index < -0.39 is 0 Å². The standard InChI is InChI=1S/C16H31N3O2S.2ClH/c1-12-8-19(9-13(2)21-12)16(3,4)11-18-15(20)7-14-10-22-6-5-17-14;;/h12-14,17H,5-11H2,1-4H3,(H,18,20);2*1H. The van der Waals surface area contributed by atoms with Crippen molar-refractivity contribution in [3.8, 4) is 0 Å². The second kappa shape index (κ2) is 11.1. The molecule has 2 aliphatic heterocycles. The summed E-state index contributed by atoms with van der Waals surface area (Å²) in [5.41, 5.74) is -0.0449. The van der Waals surface area contributed by atoms with Crippen molar-refractivity contribution in [3.63, 3.8) is 0 Å². The lowest BCUT2D eigenvalue weighted by Gasteiger charge is -2.45. The van der Waals surface area contributed by atoms with Crippen LogP contribution in [-0.2, 0) is 9.53 Å². The molecule has 3 atom stereocenters. The zero-order valence-corrected chi connectivity index (χ0v) is 17.6. The Morgan fingerprint density at radius 3 is 2.46 bits per heavy atom. The van der Waals surface area contributed by atoms with E-state index in [1.807, 2.05) is 11.8 Å². The Labute approximate surface area is 163 Å². The molecule has 0 aromatic carbocycles. The van der Waals surface area contributed by atoms with Gasteiger partial charge in [0.15, 0.2) is 0 Å². The highest BCUT2D eigenvalue weighted by Gasteiger charge is 2.33. The van der Waals surface area contributed by atoms with Gasteiger partial charge in [0.25, 0.3) is 0 Å². The fraction of sp³-hybridized carbons (Fsp3) is 0.938. The molecule has 2 rings (SSSR count). The molecule has 1 amide bonds. The van der Waals surface area contributed by atoms with Crippen LogP contribution in [0.2, 0.25) is 0 Å². The van der Waals surface area contributed by atoms with Gasteiger partial charge < -0.3 is 15.4 Å². The minimum atomic E-state index is -0.0449. The second-order valence-electron chi connectivity index (χ2n) is 7.18. The van der Waals surface area contributed by atoms with Crippen molar-refractivity contribution in [2.45, 2.75) is 57.9 Å². The van der Waals surface area contributed by atoms with Crippen LogP contribution in [0.25, 0.3) is 0 Å². The van der Waals surface area contributed by atoms with Crippen molar-refractivity contribution in [1.82, 2.24) is 15.5 Å². The first-order chi connectivity index (χ1) is 10.4. The quantitative estimate of drug-likeness (QED) is 0.736. The van der Waals surface area contributed by atoms with Gasteiger partial charge in [-0.15, -0.1) is 24.8 Å². The number of thioether (sulfide) groups is 1. The van der Waals surface area contributed by atoms with E-state index in [9.17, 15) is 4.79 Å². The van der Waals surface area contributed by atoms with Crippen molar-refractivity contribution in [3.05, 3.63) is 0 Å². The molecule has 0 saturated carbocycles. The highest BCUT2D eigenvalue weighted by atomic mass is 35.5. The van der Waals surface area contributed by atoms with Crippen molar-refractivity contribution >= 4 is 42.5 Å². The summed E-state index contributed by atoms with van der Waals surface area (Å²) in [4.78, 5) is 14.6. The molecule has 0 spiro atoms. The maximum absolute atomic E-state index is 12.2. The third-order valence-corrected chi connectivity index (χ3v) is 5.55. The molecule has 2 fully saturated rings. The molecule has 8 heteroatoms. The summed E-state index contributed by atoms with van der Waals surface area (Å²) >= 11 is 1.93. The molecule has 2 heterocycles. The third kappa shape index (κ3) is 7.67. The summed E-state index contributed by atoms with van der Waals surface area (Å²) in [6, 6.07) is 0.324. The smallest absolute Gasteiger partial charge is 0.221 e. The van der Waals surface area contributed by atoms with E-state index in [2.05, 4.69) is 43.2 Å². The van der Waals surface area contributed by atoms with E-state index in [4.69, 9.17) is 4.74 Å². The Hall–Kier alpha value is 0.280. The second-order valence-corrected chi connectivity index (χ2v) is 8.33. The monoisotopic (exact) mass is 401 g/mol. The molecule has 0 radical (unpaired) electrons. The highest BCUT2D eigenvalue weighted by molar-refractivity contribution is 7.99. The topological polar surface area (TPSA) is 53.6 Å². The average molecular weight is 402 g/mol. The summed E-state index contributed by atoms with van der Waals surface area (Å²) in [6.45, 7) is 12.2. The summed E-state index contributed by atoms with van der Waals surface area (Å²) in [5, 5.41) is 6.54. The van der Waals surface area contributed by atoms with Crippen molar-refractivity contribution in [2.24, 2.45) is 0 Å². The van der Waals surface area contributed by atoms with Gasteiger partial charge in [-0.3, -0.25) is 9.69 Å². The van der Waals surface area contributed by atoms with Crippen LogP contribution in [0.3, 0.4) is 0 Å². The zero-order valence-electron chi connectivity index (χ0n) is 15.2. The minimum Gasteiger partial charge on any atom is -0.373 e. The molecule has 144 valence electrons. The zero-order chi connectivity index (χ0) is 16.2. The van der Waals surface area contributed by atoms with Crippen molar-refractivity contribution < 1.29 is 9.53 Å². The number of carbonyl (C=O) groups is 1. The Morgan fingerprint density at radius 1 is 1.29 bits per heavy atom. The van der Waals surface area contributed by atoms with Crippen LogP contribution >= 0.6 is 36.6 Å². The Morgan fingerprint density at radius 2 is 1.92 bits per heavy atom. The van der Waals surface area contributed by atoms with E-state index in [1.54, 1.807) is 0 Å². The van der Waals surface area contributed by atoms with E-state index in [1.165, 1.54) is 0 Å². The van der Waals surface area contributed by atoms with Crippen LogP contribution in [0.1, 0.15) is 34.1 Å². The first-order valence-corrected chi connectivity index (χ1v) is 9.50. The lowest BCUT2D eigenvalue weighted by atomic mass is 10.00. The number of hydrogen-bond donors (Lipinski definition) is 2. The maximum Gasteiger partial charge on any atom is 0.221 e. The number of rotatable bonds is 5. The SMILES string of the molecule is CC1CN(C(C)(C)CNC(=O)CC2CSCCN2)CC(C)O1.Cl.Cl. The molecular formula is C16H33Cl2N3O2S. The van der Waals surface area contributed by atoms with Gasteiger partial charge in [-0.2, -0.15) is 11.8 Å². The number of hydrogen-bond acceptors (Lipinski definition) is 5. The minimum absolute atomic E-state index is 0. The number of nitrogens with zero attached hydrogens (tertiary/aromatic N) is 1. The van der Waals surface area contributed by atoms with Gasteiger partial charge in [0, 0.05) is 55.7 Å². The summed E-state index contributed by atoms with van der Waals surface area (Å²) in [6.07, 6.45) is 1.09. The van der Waals surface area contributed by atoms with Gasteiger partial charge in [-0.25, -0.2) is 0 Å². The number of halogens is 2. The number of ether oxygens (including phenoxy) is 1. The molecule has 0 aromatic rings. The molecule has 3 unspecified atom stereocenters. The Bertz CT molecular complexity index is 372. The van der Waals surface area contributed by atoms with Crippen molar-refractivity contribution in [2.75, 3.05) is 37.7 Å². The molecule has 0 bridgehead atoms. The lowest BCUT2D eigenvalue weighted by Crippen LogP contribution is -2.58. The maximum atomic E-state index is 12.2. The number of carbonyl (C=O) groups excluding carboxylic acids is 1. The lowest BCUT2D eigenvalue weighted by molar-refractivity contribution is -0.123. The molecule has 0 aromatic heterocycles. The van der Waals surface area contributed by atoms with Crippen molar-refractivity contribution in [1.29, 1.82) is 0 Å². The molecule has 0 aliphatic carbocycles. The molecular weight excluding hydrogens is 369 g/mol. The molecule has 5 nitrogen and oxygen atoms in total. The summed E-state index contributed by atoms with van der Waals surface area (Å²) < 4.78 is 5.80. The van der Waals surface area contributed by atoms with E-state index in [-0.39, 0.29) is 48.5 Å². The molecule has 2 saturated heterocycles. The van der Waals surface area contributed by atoms with E-state index >= 15 is 0 Å². The van der Waals surface area contributed by atoms with Crippen LogP contribution in [0.15, 0.2) is 0 Å². The van der Waals surface area contributed by atoms with Gasteiger partial charge in [-0.1, -0.05) is 0 Å². The van der Waals surface area contributed by atoms with Gasteiger partial charge in [0.05, 0.1) is 12.2 Å². The highest BCUT2D eigenvalue weighted by Crippen LogP contribution is 2.20. The summed E-state index contributed by atoms with van der Waals surface area (Å²) in [7, 11) is 0. The van der Waals surface area contributed by atoms with Gasteiger partial charge in [0.2, 0.25) is 5.91 Å². The van der Waals surface area contributed by atoms with Gasteiger partial charge >= 0.3 is 0 Å². The number of amides is 1. The normalized spacial score (nSPS) is 28.4. The predicted octanol–water partition coefficient (Wildman–Crippen LogP) is 1.93. The number of morpholine rings is 1. The fourth-order valence-corrected chi connectivity index (χ4v) is 4.09. The van der Waals surface area contributed by atoms with Gasteiger partial charge in [-0.05, 0) is 27.7 Å². The predicted molar refractivity (Wildman–Crippen MR) is 107 cm³/mol. The first-order valence-electron chi connectivity index (χ1n) is 8.35. The Balaban J connectivity index is 0.00000264. The first kappa shape index (κ1) is 24.3.